The Morgan fingerprint density at radius 1 is 1.04 bits per heavy atom. The highest BCUT2D eigenvalue weighted by atomic mass is 19.4. The number of carbonyl (C=O) groups is 2. The van der Waals surface area contributed by atoms with E-state index in [1.807, 2.05) is 0 Å². The van der Waals surface area contributed by atoms with E-state index in [1.165, 1.54) is 20.3 Å². The van der Waals surface area contributed by atoms with Crippen LogP contribution in [-0.4, -0.2) is 37.4 Å². The Kier molecular flexibility index (Phi) is 8.24. The first kappa shape index (κ1) is 22.5. The fourth-order valence-electron chi connectivity index (χ4n) is 1.44. The summed E-state index contributed by atoms with van der Waals surface area (Å²) in [5, 5.41) is 7.12. The van der Waals surface area contributed by atoms with Gasteiger partial charge in [-0.3, -0.25) is 4.79 Å². The highest BCUT2D eigenvalue weighted by molar-refractivity contribution is 5.73. The number of ether oxygens (including phenoxy) is 2. The van der Waals surface area contributed by atoms with Gasteiger partial charge in [0.2, 0.25) is 0 Å². The molecular weight excluding hydrogens is 362 g/mol. The molecule has 0 amide bonds. The molecule has 0 radical (unpaired) electrons. The zero-order chi connectivity index (χ0) is 19.8. The Balaban J connectivity index is 0.000000697. The van der Waals surface area contributed by atoms with Gasteiger partial charge in [-0.15, -0.1) is 0 Å². The van der Waals surface area contributed by atoms with E-state index in [0.717, 1.165) is 12.1 Å². The Morgan fingerprint density at radius 3 is 1.92 bits per heavy atom. The smallest absolute Gasteiger partial charge is 0.490 e. The van der Waals surface area contributed by atoms with Crippen LogP contribution in [0.5, 0.6) is 5.75 Å². The summed E-state index contributed by atoms with van der Waals surface area (Å²) in [6, 6.07) is 3.39. The molecule has 0 aliphatic carbocycles. The molecule has 0 aliphatic rings. The quantitative estimate of drug-likeness (QED) is 0.644. The van der Waals surface area contributed by atoms with Crippen LogP contribution in [0.2, 0.25) is 0 Å². The predicted octanol–water partition coefficient (Wildman–Crippen LogP) is 3.45. The number of methoxy groups -OCH3 is 2. The summed E-state index contributed by atoms with van der Waals surface area (Å²) < 4.78 is 78.8. The molecule has 25 heavy (non-hydrogen) atoms. The SMILES string of the molecule is COC(=O)CCc1cc(OC)cc(C(F)(F)F)c1.O=C(O)C(F)(F)F. The highest BCUT2D eigenvalue weighted by Gasteiger charge is 2.38. The Hall–Kier alpha value is -2.46. The number of carboxylic acid groups (broad SMARTS) is 1. The molecule has 0 aromatic heterocycles. The second-order valence-electron chi connectivity index (χ2n) is 4.45. The molecule has 0 spiro atoms. The largest absolute Gasteiger partial charge is 0.497 e. The zero-order valence-electron chi connectivity index (χ0n) is 13.0. The summed E-state index contributed by atoms with van der Waals surface area (Å²) >= 11 is 0. The number of hydrogen-bond donors (Lipinski definition) is 1. The van der Waals surface area contributed by atoms with E-state index in [2.05, 4.69) is 4.74 Å². The van der Waals surface area contributed by atoms with Crippen LogP contribution in [0.3, 0.4) is 0 Å². The molecule has 1 aromatic carbocycles. The lowest BCUT2D eigenvalue weighted by Gasteiger charge is -2.11. The van der Waals surface area contributed by atoms with Crippen LogP contribution in [-0.2, 0) is 26.9 Å². The normalized spacial score (nSPS) is 11.2. The minimum atomic E-state index is -5.08. The summed E-state index contributed by atoms with van der Waals surface area (Å²) in [6.45, 7) is 0. The lowest BCUT2D eigenvalue weighted by molar-refractivity contribution is -0.192. The van der Waals surface area contributed by atoms with Crippen molar-refractivity contribution in [1.82, 2.24) is 0 Å². The molecule has 142 valence electrons. The molecule has 0 saturated carbocycles. The van der Waals surface area contributed by atoms with E-state index >= 15 is 0 Å². The van der Waals surface area contributed by atoms with Crippen LogP contribution in [0.25, 0.3) is 0 Å². The van der Waals surface area contributed by atoms with E-state index in [-0.39, 0.29) is 18.6 Å². The van der Waals surface area contributed by atoms with Gasteiger partial charge in [-0.25, -0.2) is 4.79 Å². The first-order valence-corrected chi connectivity index (χ1v) is 6.43. The Bertz CT molecular complexity index is 594. The monoisotopic (exact) mass is 376 g/mol. The molecule has 1 aromatic rings. The lowest BCUT2D eigenvalue weighted by atomic mass is 10.1. The first-order valence-electron chi connectivity index (χ1n) is 6.43. The van der Waals surface area contributed by atoms with Gasteiger partial charge in [0.25, 0.3) is 0 Å². The first-order chi connectivity index (χ1) is 11.3. The third-order valence-electron chi connectivity index (χ3n) is 2.62. The Morgan fingerprint density at radius 2 is 1.56 bits per heavy atom. The van der Waals surface area contributed by atoms with Gasteiger partial charge in [-0.1, -0.05) is 0 Å². The van der Waals surface area contributed by atoms with Crippen molar-refractivity contribution in [2.75, 3.05) is 14.2 Å². The van der Waals surface area contributed by atoms with Gasteiger partial charge in [0, 0.05) is 6.42 Å². The molecule has 1 N–H and O–H groups in total. The maximum Gasteiger partial charge on any atom is 0.490 e. The number of halogens is 6. The molecular formula is C14H14F6O5. The molecule has 0 heterocycles. The van der Waals surface area contributed by atoms with Crippen molar-refractivity contribution in [3.05, 3.63) is 29.3 Å². The van der Waals surface area contributed by atoms with E-state index in [1.54, 1.807) is 0 Å². The number of esters is 1. The van der Waals surface area contributed by atoms with Crippen LogP contribution in [0, 0.1) is 0 Å². The van der Waals surface area contributed by atoms with Crippen molar-refractivity contribution in [2.45, 2.75) is 25.2 Å². The van der Waals surface area contributed by atoms with Crippen molar-refractivity contribution in [1.29, 1.82) is 0 Å². The number of carboxylic acids is 1. The number of aryl methyl sites for hydroxylation is 1. The number of alkyl halides is 6. The lowest BCUT2D eigenvalue weighted by Crippen LogP contribution is -2.21. The van der Waals surface area contributed by atoms with Gasteiger partial charge in [0.1, 0.15) is 5.75 Å². The minimum Gasteiger partial charge on any atom is -0.497 e. The summed E-state index contributed by atoms with van der Waals surface area (Å²) in [7, 11) is 2.52. The number of benzene rings is 1. The van der Waals surface area contributed by atoms with Gasteiger partial charge in [-0.05, 0) is 30.2 Å². The second kappa shape index (κ2) is 9.14. The average molecular weight is 376 g/mol. The average Bonchev–Trinajstić information content (AvgIpc) is 2.51. The van der Waals surface area contributed by atoms with Crippen LogP contribution in [0.4, 0.5) is 26.3 Å². The maximum atomic E-state index is 12.6. The summed E-state index contributed by atoms with van der Waals surface area (Å²) in [4.78, 5) is 19.8. The molecule has 0 saturated heterocycles. The van der Waals surface area contributed by atoms with Crippen molar-refractivity contribution in [3.63, 3.8) is 0 Å². The minimum absolute atomic E-state index is 0.0287. The van der Waals surface area contributed by atoms with Crippen LogP contribution < -0.4 is 4.74 Å². The van der Waals surface area contributed by atoms with E-state index in [0.29, 0.717) is 5.56 Å². The standard InChI is InChI=1S/C12H13F3O3.C2HF3O2/c1-17-10-6-8(3-4-11(16)18-2)5-9(7-10)12(13,14)15;3-2(4,5)1(6)7/h5-7H,3-4H2,1-2H3;(H,6,7). The molecule has 0 unspecified atom stereocenters. The molecule has 1 rings (SSSR count). The molecule has 0 atom stereocenters. The summed E-state index contributed by atoms with van der Waals surface area (Å²) in [5.41, 5.74) is -0.409. The van der Waals surface area contributed by atoms with Crippen molar-refractivity contribution < 1.29 is 50.5 Å². The molecule has 0 fully saturated rings. The molecule has 0 aliphatic heterocycles. The van der Waals surface area contributed by atoms with Crippen molar-refractivity contribution in [3.8, 4) is 5.75 Å². The Labute approximate surface area is 138 Å². The van der Waals surface area contributed by atoms with Gasteiger partial charge >= 0.3 is 24.3 Å². The zero-order valence-corrected chi connectivity index (χ0v) is 13.0. The third kappa shape index (κ3) is 8.82. The van der Waals surface area contributed by atoms with Crippen molar-refractivity contribution in [2.24, 2.45) is 0 Å². The summed E-state index contributed by atoms with van der Waals surface area (Å²) in [5.74, 6) is -3.11. The number of hydrogen-bond acceptors (Lipinski definition) is 4. The molecule has 11 heteroatoms. The fourth-order valence-corrected chi connectivity index (χ4v) is 1.44. The second-order valence-corrected chi connectivity index (χ2v) is 4.45. The van der Waals surface area contributed by atoms with E-state index < -0.39 is 29.9 Å². The number of carbonyl (C=O) groups excluding carboxylic acids is 1. The van der Waals surface area contributed by atoms with Gasteiger partial charge in [0.15, 0.2) is 0 Å². The van der Waals surface area contributed by atoms with E-state index in [9.17, 15) is 31.1 Å². The number of aliphatic carboxylic acids is 1. The van der Waals surface area contributed by atoms with Gasteiger partial charge in [-0.2, -0.15) is 26.3 Å². The maximum absolute atomic E-state index is 12.6. The number of rotatable bonds is 4. The predicted molar refractivity (Wildman–Crippen MR) is 72.0 cm³/mol. The topological polar surface area (TPSA) is 72.8 Å². The van der Waals surface area contributed by atoms with Crippen LogP contribution in [0.1, 0.15) is 17.5 Å². The highest BCUT2D eigenvalue weighted by Crippen LogP contribution is 2.32. The fraction of sp³-hybridized carbons (Fsp3) is 0.429. The van der Waals surface area contributed by atoms with Gasteiger partial charge in [0.05, 0.1) is 19.8 Å². The summed E-state index contributed by atoms with van der Waals surface area (Å²) in [6.07, 6.45) is -9.32. The van der Waals surface area contributed by atoms with Crippen LogP contribution >= 0.6 is 0 Å². The van der Waals surface area contributed by atoms with Gasteiger partial charge < -0.3 is 14.6 Å². The van der Waals surface area contributed by atoms with Crippen molar-refractivity contribution >= 4 is 11.9 Å². The molecule has 5 nitrogen and oxygen atoms in total. The molecule has 0 bridgehead atoms. The van der Waals surface area contributed by atoms with E-state index in [4.69, 9.17) is 14.6 Å². The third-order valence-corrected chi connectivity index (χ3v) is 2.62. The van der Waals surface area contributed by atoms with Crippen LogP contribution in [0.15, 0.2) is 18.2 Å².